The molecule has 0 fully saturated rings. The molecule has 1 aromatic carbocycles. The van der Waals surface area contributed by atoms with E-state index >= 15 is 0 Å². The summed E-state index contributed by atoms with van der Waals surface area (Å²) < 4.78 is 30.7. The molecule has 0 saturated heterocycles. The highest BCUT2D eigenvalue weighted by Gasteiger charge is 2.11. The normalized spacial score (nSPS) is 10.9. The average molecular weight is 226 g/mol. The predicted octanol–water partition coefficient (Wildman–Crippen LogP) is 2.74. The molecule has 0 aliphatic carbocycles. The average Bonchev–Trinajstić information content (AvgIpc) is 2.24. The van der Waals surface area contributed by atoms with Crippen LogP contribution in [0.4, 0.5) is 8.78 Å². The summed E-state index contributed by atoms with van der Waals surface area (Å²) in [7, 11) is 0. The summed E-state index contributed by atoms with van der Waals surface area (Å²) in [5.74, 6) is -2.06. The Hall–Kier alpha value is -1.55. The Morgan fingerprint density at radius 1 is 1.44 bits per heavy atom. The van der Waals surface area contributed by atoms with Crippen LogP contribution in [-0.4, -0.2) is 19.0 Å². The van der Waals surface area contributed by atoms with Crippen molar-refractivity contribution in [1.29, 1.82) is 0 Å². The van der Waals surface area contributed by atoms with Gasteiger partial charge in [-0.2, -0.15) is 0 Å². The fourth-order valence-corrected chi connectivity index (χ4v) is 1.11. The van der Waals surface area contributed by atoms with Gasteiger partial charge in [0.1, 0.15) is 18.2 Å². The number of carbonyl (C=O) groups is 1. The van der Waals surface area contributed by atoms with Crippen LogP contribution in [-0.2, 0) is 4.74 Å². The lowest BCUT2D eigenvalue weighted by Gasteiger charge is -2.02. The van der Waals surface area contributed by atoms with Crippen LogP contribution in [0.1, 0.15) is 17.3 Å². The summed E-state index contributed by atoms with van der Waals surface area (Å²) in [6.45, 7) is 1.91. The number of ether oxygens (including phenoxy) is 1. The molecule has 0 bridgehead atoms. The van der Waals surface area contributed by atoms with Gasteiger partial charge in [-0.1, -0.05) is 12.2 Å². The minimum Gasteiger partial charge on any atom is -0.369 e. The number of rotatable bonds is 5. The Bertz CT molecular complexity index is 400. The van der Waals surface area contributed by atoms with Gasteiger partial charge in [0.2, 0.25) is 0 Å². The summed E-state index contributed by atoms with van der Waals surface area (Å²) >= 11 is 0. The molecule has 16 heavy (non-hydrogen) atoms. The second kappa shape index (κ2) is 6.12. The van der Waals surface area contributed by atoms with Crippen molar-refractivity contribution in [2.75, 3.05) is 13.2 Å². The highest BCUT2D eigenvalue weighted by Crippen LogP contribution is 2.10. The third-order valence-corrected chi connectivity index (χ3v) is 1.91. The Morgan fingerprint density at radius 3 is 2.81 bits per heavy atom. The second-order valence-corrected chi connectivity index (χ2v) is 3.13. The van der Waals surface area contributed by atoms with Crippen LogP contribution >= 0.6 is 0 Å². The van der Waals surface area contributed by atoms with Crippen LogP contribution in [0.3, 0.4) is 0 Å². The lowest BCUT2D eigenvalue weighted by Crippen LogP contribution is -2.11. The molecule has 0 saturated carbocycles. The molecule has 0 aromatic heterocycles. The van der Waals surface area contributed by atoms with Gasteiger partial charge in [0.05, 0.1) is 12.2 Å². The number of halogens is 2. The zero-order chi connectivity index (χ0) is 12.0. The molecular formula is C12H12F2O2. The van der Waals surface area contributed by atoms with Crippen LogP contribution in [0.15, 0.2) is 30.4 Å². The van der Waals surface area contributed by atoms with Gasteiger partial charge >= 0.3 is 0 Å². The minimum absolute atomic E-state index is 0.151. The summed E-state index contributed by atoms with van der Waals surface area (Å²) in [6, 6.07) is 2.84. The highest BCUT2D eigenvalue weighted by atomic mass is 19.1. The Labute approximate surface area is 92.5 Å². The first-order valence-corrected chi connectivity index (χ1v) is 4.82. The van der Waals surface area contributed by atoms with E-state index in [1.807, 2.05) is 6.92 Å². The maximum atomic E-state index is 13.1. The summed E-state index contributed by atoms with van der Waals surface area (Å²) in [5.41, 5.74) is -0.151. The molecule has 0 aliphatic rings. The van der Waals surface area contributed by atoms with E-state index in [-0.39, 0.29) is 12.2 Å². The van der Waals surface area contributed by atoms with Crippen LogP contribution in [0.25, 0.3) is 0 Å². The molecule has 0 unspecified atom stereocenters. The molecule has 0 radical (unpaired) electrons. The van der Waals surface area contributed by atoms with Gasteiger partial charge in [-0.25, -0.2) is 8.78 Å². The summed E-state index contributed by atoms with van der Waals surface area (Å²) in [6.07, 6.45) is 3.51. The van der Waals surface area contributed by atoms with E-state index in [0.717, 1.165) is 12.1 Å². The maximum Gasteiger partial charge on any atom is 0.191 e. The molecule has 1 rings (SSSR count). The molecule has 0 spiro atoms. The van der Waals surface area contributed by atoms with Crippen LogP contribution in [0, 0.1) is 11.6 Å². The molecule has 0 N–H and O–H groups in total. The maximum absolute atomic E-state index is 13.1. The molecule has 86 valence electrons. The van der Waals surface area contributed by atoms with Gasteiger partial charge in [-0.15, -0.1) is 0 Å². The number of hydrogen-bond acceptors (Lipinski definition) is 2. The van der Waals surface area contributed by atoms with E-state index in [9.17, 15) is 13.6 Å². The quantitative estimate of drug-likeness (QED) is 0.438. The SMILES string of the molecule is CC=CCOCC(=O)c1ccc(F)cc1F. The van der Waals surface area contributed by atoms with Gasteiger partial charge < -0.3 is 4.74 Å². The molecule has 0 amide bonds. The lowest BCUT2D eigenvalue weighted by atomic mass is 10.1. The first-order valence-electron chi connectivity index (χ1n) is 4.82. The van der Waals surface area contributed by atoms with E-state index in [2.05, 4.69) is 0 Å². The fourth-order valence-electron chi connectivity index (χ4n) is 1.11. The minimum atomic E-state index is -0.861. The molecule has 0 aliphatic heterocycles. The van der Waals surface area contributed by atoms with Gasteiger partial charge in [0, 0.05) is 6.07 Å². The van der Waals surface area contributed by atoms with Crippen LogP contribution < -0.4 is 0 Å². The standard InChI is InChI=1S/C12H12F2O2/c1-2-3-6-16-8-12(15)10-5-4-9(13)7-11(10)14/h2-5,7H,6,8H2,1H3. The van der Waals surface area contributed by atoms with Crippen LogP contribution in [0.2, 0.25) is 0 Å². The number of carbonyl (C=O) groups excluding carboxylic acids is 1. The van der Waals surface area contributed by atoms with E-state index in [1.165, 1.54) is 0 Å². The van der Waals surface area contributed by atoms with Crippen LogP contribution in [0.5, 0.6) is 0 Å². The second-order valence-electron chi connectivity index (χ2n) is 3.13. The third-order valence-electron chi connectivity index (χ3n) is 1.91. The van der Waals surface area contributed by atoms with E-state index in [0.29, 0.717) is 12.7 Å². The first-order chi connectivity index (χ1) is 7.65. The van der Waals surface area contributed by atoms with Crippen molar-refractivity contribution in [1.82, 2.24) is 0 Å². The van der Waals surface area contributed by atoms with Crippen molar-refractivity contribution < 1.29 is 18.3 Å². The number of allylic oxidation sites excluding steroid dienone is 1. The zero-order valence-corrected chi connectivity index (χ0v) is 8.87. The Kier molecular flexibility index (Phi) is 4.79. The van der Waals surface area contributed by atoms with Crippen molar-refractivity contribution in [3.8, 4) is 0 Å². The van der Waals surface area contributed by atoms with Crippen molar-refractivity contribution >= 4 is 5.78 Å². The number of hydrogen-bond donors (Lipinski definition) is 0. The largest absolute Gasteiger partial charge is 0.369 e. The van der Waals surface area contributed by atoms with Gasteiger partial charge in [0.25, 0.3) is 0 Å². The molecular weight excluding hydrogens is 214 g/mol. The number of ketones is 1. The van der Waals surface area contributed by atoms with Crippen molar-refractivity contribution in [3.05, 3.63) is 47.5 Å². The number of benzene rings is 1. The van der Waals surface area contributed by atoms with Crippen molar-refractivity contribution in [2.45, 2.75) is 6.92 Å². The third kappa shape index (κ3) is 3.55. The zero-order valence-electron chi connectivity index (χ0n) is 8.87. The molecule has 4 heteroatoms. The van der Waals surface area contributed by atoms with Gasteiger partial charge in [-0.3, -0.25) is 4.79 Å². The molecule has 0 heterocycles. The lowest BCUT2D eigenvalue weighted by molar-refractivity contribution is 0.0802. The summed E-state index contributed by atoms with van der Waals surface area (Å²) in [5, 5.41) is 0. The topological polar surface area (TPSA) is 26.3 Å². The van der Waals surface area contributed by atoms with Gasteiger partial charge in [-0.05, 0) is 19.1 Å². The van der Waals surface area contributed by atoms with Crippen molar-refractivity contribution in [2.24, 2.45) is 0 Å². The number of Topliss-reactive ketones (excluding diaryl/α,β-unsaturated/α-hetero) is 1. The molecule has 1 aromatic rings. The monoisotopic (exact) mass is 226 g/mol. The Balaban J connectivity index is 2.59. The highest BCUT2D eigenvalue weighted by molar-refractivity contribution is 5.97. The molecule has 2 nitrogen and oxygen atoms in total. The first kappa shape index (κ1) is 12.5. The van der Waals surface area contributed by atoms with Gasteiger partial charge in [0.15, 0.2) is 5.78 Å². The van der Waals surface area contributed by atoms with E-state index < -0.39 is 17.4 Å². The molecule has 0 atom stereocenters. The van der Waals surface area contributed by atoms with Crippen molar-refractivity contribution in [3.63, 3.8) is 0 Å². The predicted molar refractivity (Wildman–Crippen MR) is 56.3 cm³/mol. The smallest absolute Gasteiger partial charge is 0.191 e. The van der Waals surface area contributed by atoms with E-state index in [4.69, 9.17) is 4.74 Å². The Morgan fingerprint density at radius 2 is 2.19 bits per heavy atom. The fraction of sp³-hybridized carbons (Fsp3) is 0.250. The van der Waals surface area contributed by atoms with E-state index in [1.54, 1.807) is 12.2 Å². The summed E-state index contributed by atoms with van der Waals surface area (Å²) in [4.78, 5) is 11.4.